The van der Waals surface area contributed by atoms with Gasteiger partial charge in [-0.2, -0.15) is 5.26 Å². The van der Waals surface area contributed by atoms with Crippen molar-refractivity contribution in [3.05, 3.63) is 78.1 Å². The molecule has 1 aliphatic rings. The van der Waals surface area contributed by atoms with Crippen LogP contribution in [0.2, 0.25) is 0 Å². The van der Waals surface area contributed by atoms with Crippen LogP contribution in [0.5, 0.6) is 5.75 Å². The SMILES string of the molecule is COc1ccc(-c2ccc3nc(-c4ccc(C#N)cc4)c(CCN4CCCN(C)CC4)n3c2)cc1. The second kappa shape index (κ2) is 10.3. The van der Waals surface area contributed by atoms with Crippen molar-refractivity contribution >= 4 is 5.65 Å². The van der Waals surface area contributed by atoms with Crippen molar-refractivity contribution in [2.45, 2.75) is 12.8 Å². The summed E-state index contributed by atoms with van der Waals surface area (Å²) in [4.78, 5) is 10.0. The maximum absolute atomic E-state index is 9.22. The average Bonchev–Trinajstić information content (AvgIpc) is 3.14. The van der Waals surface area contributed by atoms with Gasteiger partial charge in [-0.05, 0) is 74.1 Å². The zero-order valence-electron chi connectivity index (χ0n) is 20.4. The largest absolute Gasteiger partial charge is 0.497 e. The van der Waals surface area contributed by atoms with E-state index >= 15 is 0 Å². The van der Waals surface area contributed by atoms with Crippen molar-refractivity contribution in [3.8, 4) is 34.2 Å². The van der Waals surface area contributed by atoms with Crippen LogP contribution in [0.15, 0.2) is 66.9 Å². The Balaban J connectivity index is 1.52. The molecule has 0 unspecified atom stereocenters. The summed E-state index contributed by atoms with van der Waals surface area (Å²) < 4.78 is 7.57. The lowest BCUT2D eigenvalue weighted by Crippen LogP contribution is -2.30. The van der Waals surface area contributed by atoms with Crippen molar-refractivity contribution in [3.63, 3.8) is 0 Å². The van der Waals surface area contributed by atoms with Crippen LogP contribution in [0.25, 0.3) is 28.0 Å². The molecule has 0 amide bonds. The Morgan fingerprint density at radius 3 is 2.37 bits per heavy atom. The highest BCUT2D eigenvalue weighted by Crippen LogP contribution is 2.29. The number of benzene rings is 2. The minimum Gasteiger partial charge on any atom is -0.497 e. The van der Waals surface area contributed by atoms with Gasteiger partial charge in [-0.3, -0.25) is 0 Å². The third-order valence-electron chi connectivity index (χ3n) is 6.91. The first-order chi connectivity index (χ1) is 17.1. The Morgan fingerprint density at radius 2 is 1.63 bits per heavy atom. The van der Waals surface area contributed by atoms with Gasteiger partial charge in [-0.25, -0.2) is 4.98 Å². The number of aromatic nitrogens is 2. The monoisotopic (exact) mass is 465 g/mol. The average molecular weight is 466 g/mol. The number of rotatable bonds is 6. The van der Waals surface area contributed by atoms with Gasteiger partial charge < -0.3 is 18.9 Å². The number of methoxy groups -OCH3 is 1. The van der Waals surface area contributed by atoms with Crippen LogP contribution in [0.1, 0.15) is 17.7 Å². The summed E-state index contributed by atoms with van der Waals surface area (Å²) in [6, 6.07) is 22.4. The van der Waals surface area contributed by atoms with Crippen LogP contribution in [-0.2, 0) is 6.42 Å². The molecule has 3 heterocycles. The standard InChI is InChI=1S/C29H31N5O/c1-32-15-3-16-33(19-18-32)17-14-27-29(24-6-4-22(20-30)5-7-24)31-28-13-10-25(21-34(27)28)23-8-11-26(35-2)12-9-23/h4-13,21H,3,14-19H2,1-2H3. The molecular formula is C29H31N5O. The highest BCUT2D eigenvalue weighted by molar-refractivity contribution is 5.70. The Hall–Kier alpha value is -3.66. The Morgan fingerprint density at radius 1 is 0.886 bits per heavy atom. The highest BCUT2D eigenvalue weighted by atomic mass is 16.5. The molecule has 35 heavy (non-hydrogen) atoms. The quantitative estimate of drug-likeness (QED) is 0.412. The lowest BCUT2D eigenvalue weighted by molar-refractivity contribution is 0.278. The van der Waals surface area contributed by atoms with E-state index in [9.17, 15) is 5.26 Å². The molecule has 178 valence electrons. The molecule has 0 saturated carbocycles. The van der Waals surface area contributed by atoms with Gasteiger partial charge in [0.2, 0.25) is 0 Å². The van der Waals surface area contributed by atoms with Crippen LogP contribution in [0.3, 0.4) is 0 Å². The first-order valence-electron chi connectivity index (χ1n) is 12.2. The predicted octanol–water partition coefficient (Wildman–Crippen LogP) is 4.73. The molecule has 6 nitrogen and oxygen atoms in total. The number of nitriles is 1. The summed E-state index contributed by atoms with van der Waals surface area (Å²) >= 11 is 0. The number of hydrogen-bond donors (Lipinski definition) is 0. The van der Waals surface area contributed by atoms with Crippen molar-refractivity contribution in [1.29, 1.82) is 5.26 Å². The summed E-state index contributed by atoms with van der Waals surface area (Å²) in [5.41, 5.74) is 7.13. The van der Waals surface area contributed by atoms with Gasteiger partial charge in [0.05, 0.1) is 30.1 Å². The fourth-order valence-corrected chi connectivity index (χ4v) is 4.81. The molecule has 0 atom stereocenters. The summed E-state index contributed by atoms with van der Waals surface area (Å²) in [7, 11) is 3.89. The highest BCUT2D eigenvalue weighted by Gasteiger charge is 2.18. The zero-order valence-corrected chi connectivity index (χ0v) is 20.4. The summed E-state index contributed by atoms with van der Waals surface area (Å²) in [6.07, 6.45) is 4.31. The molecule has 5 rings (SSSR count). The first-order valence-corrected chi connectivity index (χ1v) is 12.2. The molecule has 0 aliphatic carbocycles. The number of ether oxygens (including phenoxy) is 1. The Labute approximate surface area is 207 Å². The summed E-state index contributed by atoms with van der Waals surface area (Å²) in [6.45, 7) is 5.49. The van der Waals surface area contributed by atoms with E-state index in [0.717, 1.165) is 72.9 Å². The third kappa shape index (κ3) is 5.07. The van der Waals surface area contributed by atoms with Crippen LogP contribution < -0.4 is 4.74 Å². The van der Waals surface area contributed by atoms with E-state index in [-0.39, 0.29) is 0 Å². The molecule has 6 heteroatoms. The van der Waals surface area contributed by atoms with E-state index in [0.29, 0.717) is 5.56 Å². The van der Waals surface area contributed by atoms with Crippen molar-refractivity contribution < 1.29 is 4.74 Å². The van der Waals surface area contributed by atoms with Gasteiger partial charge in [-0.1, -0.05) is 24.3 Å². The number of imidazole rings is 1. The van der Waals surface area contributed by atoms with E-state index < -0.39 is 0 Å². The van der Waals surface area contributed by atoms with Gasteiger partial charge in [-0.15, -0.1) is 0 Å². The Bertz CT molecular complexity index is 1330. The summed E-state index contributed by atoms with van der Waals surface area (Å²) in [5, 5.41) is 9.22. The third-order valence-corrected chi connectivity index (χ3v) is 6.91. The van der Waals surface area contributed by atoms with Crippen LogP contribution in [-0.4, -0.2) is 66.1 Å². The molecule has 0 spiro atoms. The molecular weight excluding hydrogens is 434 g/mol. The van der Waals surface area contributed by atoms with Gasteiger partial charge in [0.25, 0.3) is 0 Å². The minimum absolute atomic E-state index is 0.662. The zero-order chi connectivity index (χ0) is 24.2. The number of pyridine rings is 1. The fourth-order valence-electron chi connectivity index (χ4n) is 4.81. The lowest BCUT2D eigenvalue weighted by Gasteiger charge is -2.20. The second-order valence-corrected chi connectivity index (χ2v) is 9.22. The van der Waals surface area contributed by atoms with Crippen LogP contribution in [0, 0.1) is 11.3 Å². The smallest absolute Gasteiger partial charge is 0.137 e. The topological polar surface area (TPSA) is 56.8 Å². The van der Waals surface area contributed by atoms with Gasteiger partial charge in [0.1, 0.15) is 11.4 Å². The van der Waals surface area contributed by atoms with E-state index in [1.165, 1.54) is 12.1 Å². The second-order valence-electron chi connectivity index (χ2n) is 9.22. The molecule has 0 radical (unpaired) electrons. The molecule has 4 aromatic rings. The molecule has 1 aliphatic heterocycles. The normalized spacial score (nSPS) is 15.1. The molecule has 2 aromatic heterocycles. The van der Waals surface area contributed by atoms with E-state index in [4.69, 9.17) is 9.72 Å². The first kappa shape index (κ1) is 23.1. The number of hydrogen-bond acceptors (Lipinski definition) is 5. The summed E-state index contributed by atoms with van der Waals surface area (Å²) in [5.74, 6) is 0.851. The molecule has 1 fully saturated rings. The van der Waals surface area contributed by atoms with Crippen molar-refractivity contribution in [1.82, 2.24) is 19.2 Å². The maximum Gasteiger partial charge on any atom is 0.137 e. The lowest BCUT2D eigenvalue weighted by atomic mass is 10.1. The van der Waals surface area contributed by atoms with E-state index in [1.807, 2.05) is 36.4 Å². The molecule has 1 saturated heterocycles. The number of nitrogens with zero attached hydrogens (tertiary/aromatic N) is 5. The van der Waals surface area contributed by atoms with Crippen molar-refractivity contribution in [2.75, 3.05) is 46.9 Å². The number of likely N-dealkylation sites (N-methyl/N-ethyl adjacent to an activating group) is 1. The van der Waals surface area contributed by atoms with E-state index in [2.05, 4.69) is 57.8 Å². The van der Waals surface area contributed by atoms with Gasteiger partial charge in [0.15, 0.2) is 0 Å². The number of fused-ring (bicyclic) bond motifs is 1. The molecule has 0 N–H and O–H groups in total. The fraction of sp³-hybridized carbons (Fsp3) is 0.310. The Kier molecular flexibility index (Phi) is 6.80. The van der Waals surface area contributed by atoms with Crippen LogP contribution >= 0.6 is 0 Å². The maximum atomic E-state index is 9.22. The molecule has 2 aromatic carbocycles. The van der Waals surface area contributed by atoms with Gasteiger partial charge in [0, 0.05) is 37.8 Å². The molecule has 0 bridgehead atoms. The van der Waals surface area contributed by atoms with Crippen LogP contribution in [0.4, 0.5) is 0 Å². The van der Waals surface area contributed by atoms with Crippen molar-refractivity contribution in [2.24, 2.45) is 0 Å². The van der Waals surface area contributed by atoms with E-state index in [1.54, 1.807) is 7.11 Å². The van der Waals surface area contributed by atoms with Gasteiger partial charge >= 0.3 is 0 Å². The predicted molar refractivity (Wildman–Crippen MR) is 140 cm³/mol. The minimum atomic E-state index is 0.662.